The Morgan fingerprint density at radius 2 is 1.88 bits per heavy atom. The van der Waals surface area contributed by atoms with Crippen LogP contribution in [0.25, 0.3) is 0 Å². The van der Waals surface area contributed by atoms with Crippen molar-refractivity contribution >= 4 is 17.7 Å². The number of nitrogens with one attached hydrogen (secondary N) is 2. The molecule has 2 aliphatic heterocycles. The summed E-state index contributed by atoms with van der Waals surface area (Å²) < 4.78 is 0. The van der Waals surface area contributed by atoms with E-state index in [9.17, 15) is 9.59 Å². The minimum Gasteiger partial charge on any atom is -0.481 e. The van der Waals surface area contributed by atoms with Gasteiger partial charge < -0.3 is 15.7 Å². The summed E-state index contributed by atoms with van der Waals surface area (Å²) in [4.78, 5) is 30.1. The molecule has 1 amide bonds. The molecule has 1 saturated heterocycles. The highest BCUT2D eigenvalue weighted by Gasteiger charge is 2.29. The van der Waals surface area contributed by atoms with Crippen molar-refractivity contribution in [1.82, 2.24) is 15.2 Å². The summed E-state index contributed by atoms with van der Waals surface area (Å²) >= 11 is 0. The molecule has 2 aromatic rings. The molecule has 3 heterocycles. The molecule has 3 N–H and O–H groups in total. The third-order valence-corrected chi connectivity index (χ3v) is 6.52. The Labute approximate surface area is 203 Å². The van der Waals surface area contributed by atoms with Gasteiger partial charge in [0.2, 0.25) is 5.91 Å². The number of hydrogen-bond donors (Lipinski definition) is 3. The van der Waals surface area contributed by atoms with Crippen LogP contribution < -0.4 is 10.6 Å². The standard InChI is InChI=1S/C21H32N4O3.C6H6/c1-15-6-7-17(21(28)23-12-10-19(26)27)14-25(15)13-3-5-18-9-8-16-4-2-11-22-20(16)24-18;1-2-4-6-5-3-1/h8-9,15,17H,2-7,10-14H2,1H3,(H,22,24)(H,23,28)(H,26,27);1-6H/t15?,17-;/m0./s1. The number of anilines is 1. The number of aromatic nitrogens is 1. The Morgan fingerprint density at radius 3 is 2.59 bits per heavy atom. The zero-order valence-electron chi connectivity index (χ0n) is 20.2. The minimum absolute atomic E-state index is 0.0134. The number of rotatable bonds is 8. The molecule has 2 aliphatic rings. The third kappa shape index (κ3) is 8.45. The maximum atomic E-state index is 12.3. The molecule has 7 heteroatoms. The molecule has 0 spiro atoms. The number of carboxylic acids is 1. The van der Waals surface area contributed by atoms with Crippen LogP contribution in [0.2, 0.25) is 0 Å². The van der Waals surface area contributed by atoms with Crippen molar-refractivity contribution in [2.45, 2.75) is 57.9 Å². The van der Waals surface area contributed by atoms with Gasteiger partial charge in [-0.2, -0.15) is 0 Å². The number of benzene rings is 1. The molecular formula is C27H38N4O3. The number of nitrogens with zero attached hydrogens (tertiary/aromatic N) is 2. The fourth-order valence-electron chi connectivity index (χ4n) is 4.50. The number of carboxylic acid groups (broad SMARTS) is 1. The van der Waals surface area contributed by atoms with Crippen LogP contribution in [0.15, 0.2) is 48.5 Å². The van der Waals surface area contributed by atoms with Gasteiger partial charge in [0.15, 0.2) is 0 Å². The largest absolute Gasteiger partial charge is 0.481 e. The maximum absolute atomic E-state index is 12.3. The van der Waals surface area contributed by atoms with Crippen molar-refractivity contribution in [3.63, 3.8) is 0 Å². The number of pyridine rings is 1. The van der Waals surface area contributed by atoms with Crippen LogP contribution in [0.3, 0.4) is 0 Å². The first-order valence-electron chi connectivity index (χ1n) is 12.5. The topological polar surface area (TPSA) is 94.6 Å². The van der Waals surface area contributed by atoms with E-state index in [1.54, 1.807) is 0 Å². The number of aliphatic carboxylic acids is 1. The van der Waals surface area contributed by atoms with E-state index in [0.717, 1.165) is 63.3 Å². The maximum Gasteiger partial charge on any atom is 0.305 e. The van der Waals surface area contributed by atoms with Gasteiger partial charge in [0, 0.05) is 31.4 Å². The third-order valence-electron chi connectivity index (χ3n) is 6.52. The number of likely N-dealkylation sites (tertiary alicyclic amines) is 1. The highest BCUT2D eigenvalue weighted by molar-refractivity contribution is 5.79. The summed E-state index contributed by atoms with van der Waals surface area (Å²) in [5, 5.41) is 14.9. The van der Waals surface area contributed by atoms with E-state index in [0.29, 0.717) is 6.04 Å². The Balaban J connectivity index is 0.000000469. The summed E-state index contributed by atoms with van der Waals surface area (Å²) in [6.45, 7) is 5.13. The average molecular weight is 467 g/mol. The molecule has 0 saturated carbocycles. The smallest absolute Gasteiger partial charge is 0.305 e. The minimum atomic E-state index is -0.884. The van der Waals surface area contributed by atoms with Crippen LogP contribution in [-0.4, -0.2) is 59.1 Å². The van der Waals surface area contributed by atoms with Gasteiger partial charge in [-0.25, -0.2) is 4.98 Å². The van der Waals surface area contributed by atoms with Crippen molar-refractivity contribution in [1.29, 1.82) is 0 Å². The number of piperidine rings is 1. The fraction of sp³-hybridized carbons (Fsp3) is 0.519. The van der Waals surface area contributed by atoms with E-state index < -0.39 is 5.97 Å². The summed E-state index contributed by atoms with van der Waals surface area (Å²) in [5.74, 6) is 0.106. The van der Waals surface area contributed by atoms with Crippen molar-refractivity contribution in [3.8, 4) is 0 Å². The number of hydrogen-bond acceptors (Lipinski definition) is 5. The average Bonchev–Trinajstić information content (AvgIpc) is 2.86. The highest BCUT2D eigenvalue weighted by atomic mass is 16.4. The number of amides is 1. The first-order valence-corrected chi connectivity index (χ1v) is 12.5. The Bertz CT molecular complexity index is 879. The number of carbonyl (C=O) groups is 2. The lowest BCUT2D eigenvalue weighted by Crippen LogP contribution is -2.47. The van der Waals surface area contributed by atoms with Crippen molar-refractivity contribution in [3.05, 3.63) is 59.8 Å². The summed E-state index contributed by atoms with van der Waals surface area (Å²) in [6.07, 6.45) is 6.08. The van der Waals surface area contributed by atoms with E-state index in [1.807, 2.05) is 36.4 Å². The molecule has 34 heavy (non-hydrogen) atoms. The van der Waals surface area contributed by atoms with Gasteiger partial charge in [0.25, 0.3) is 0 Å². The Kier molecular flexibility index (Phi) is 10.3. The molecule has 7 nitrogen and oxygen atoms in total. The number of carbonyl (C=O) groups excluding carboxylic acids is 1. The van der Waals surface area contributed by atoms with Crippen LogP contribution in [0.4, 0.5) is 5.82 Å². The first kappa shape index (κ1) is 25.7. The molecule has 0 aliphatic carbocycles. The van der Waals surface area contributed by atoms with Crippen LogP contribution >= 0.6 is 0 Å². The van der Waals surface area contributed by atoms with E-state index in [4.69, 9.17) is 10.1 Å². The molecule has 1 unspecified atom stereocenters. The lowest BCUT2D eigenvalue weighted by atomic mass is 9.92. The molecule has 184 valence electrons. The zero-order chi connectivity index (χ0) is 24.2. The number of aryl methyl sites for hydroxylation is 2. The monoisotopic (exact) mass is 466 g/mol. The first-order chi connectivity index (χ1) is 16.5. The van der Waals surface area contributed by atoms with Crippen molar-refractivity contribution in [2.24, 2.45) is 5.92 Å². The quantitative estimate of drug-likeness (QED) is 0.549. The Morgan fingerprint density at radius 1 is 1.15 bits per heavy atom. The second-order valence-corrected chi connectivity index (χ2v) is 9.15. The summed E-state index contributed by atoms with van der Waals surface area (Å²) in [7, 11) is 0. The van der Waals surface area contributed by atoms with Gasteiger partial charge in [0.1, 0.15) is 5.82 Å². The summed E-state index contributed by atoms with van der Waals surface area (Å²) in [6, 6.07) is 16.8. The lowest BCUT2D eigenvalue weighted by molar-refractivity contribution is -0.137. The van der Waals surface area contributed by atoms with Crippen LogP contribution in [0, 0.1) is 5.92 Å². The van der Waals surface area contributed by atoms with E-state index >= 15 is 0 Å². The van der Waals surface area contributed by atoms with Gasteiger partial charge >= 0.3 is 5.97 Å². The van der Waals surface area contributed by atoms with Crippen molar-refractivity contribution in [2.75, 3.05) is 31.5 Å². The molecule has 0 bridgehead atoms. The molecule has 2 atom stereocenters. The van der Waals surface area contributed by atoms with Crippen LogP contribution in [0.1, 0.15) is 50.3 Å². The van der Waals surface area contributed by atoms with Crippen LogP contribution in [0.5, 0.6) is 0 Å². The van der Waals surface area contributed by atoms with Gasteiger partial charge in [-0.15, -0.1) is 0 Å². The van der Waals surface area contributed by atoms with Gasteiger partial charge in [-0.05, 0) is 63.6 Å². The van der Waals surface area contributed by atoms with Crippen molar-refractivity contribution < 1.29 is 14.7 Å². The molecule has 1 aromatic carbocycles. The highest BCUT2D eigenvalue weighted by Crippen LogP contribution is 2.23. The summed E-state index contributed by atoms with van der Waals surface area (Å²) in [5.41, 5.74) is 2.44. The van der Waals surface area contributed by atoms with Gasteiger partial charge in [0.05, 0.1) is 12.3 Å². The van der Waals surface area contributed by atoms with Crippen LogP contribution in [-0.2, 0) is 22.4 Å². The normalized spacial score (nSPS) is 19.7. The SMILES string of the molecule is CC1CC[C@H](C(=O)NCCC(=O)O)CN1CCCc1ccc2c(n1)NCCC2.c1ccccc1. The Hall–Kier alpha value is -2.93. The molecule has 0 radical (unpaired) electrons. The predicted molar refractivity (Wildman–Crippen MR) is 135 cm³/mol. The molecule has 1 fully saturated rings. The predicted octanol–water partition coefficient (Wildman–Crippen LogP) is 3.75. The zero-order valence-corrected chi connectivity index (χ0v) is 20.2. The molecular weight excluding hydrogens is 428 g/mol. The van der Waals surface area contributed by atoms with E-state index in [-0.39, 0.29) is 24.8 Å². The second-order valence-electron chi connectivity index (χ2n) is 9.15. The van der Waals surface area contributed by atoms with Gasteiger partial charge in [-0.3, -0.25) is 14.5 Å². The molecule has 1 aromatic heterocycles. The van der Waals surface area contributed by atoms with E-state index in [1.165, 1.54) is 12.0 Å². The fourth-order valence-corrected chi connectivity index (χ4v) is 4.50. The van der Waals surface area contributed by atoms with E-state index in [2.05, 4.69) is 34.6 Å². The lowest BCUT2D eigenvalue weighted by Gasteiger charge is -2.37. The molecule has 4 rings (SSSR count). The van der Waals surface area contributed by atoms with Gasteiger partial charge in [-0.1, -0.05) is 42.5 Å². The second kappa shape index (κ2) is 13.7. The number of fused-ring (bicyclic) bond motifs is 1.